The zero-order chi connectivity index (χ0) is 13.0. The quantitative estimate of drug-likeness (QED) is 0.837. The zero-order valence-corrected chi connectivity index (χ0v) is 11.6. The lowest BCUT2D eigenvalue weighted by molar-refractivity contribution is -0.128. The molecule has 1 aliphatic heterocycles. The highest BCUT2D eigenvalue weighted by Gasteiger charge is 2.23. The first-order valence-corrected chi connectivity index (χ1v) is 7.21. The summed E-state index contributed by atoms with van der Waals surface area (Å²) in [5, 5.41) is 0. The molecule has 0 bridgehead atoms. The summed E-state index contributed by atoms with van der Waals surface area (Å²) < 4.78 is 10.8. The SMILES string of the molecule is COc1ccc(C)cc1CC(=O)C1CSCCO1. The van der Waals surface area contributed by atoms with Gasteiger partial charge in [-0.2, -0.15) is 11.8 Å². The van der Waals surface area contributed by atoms with Gasteiger partial charge in [0.1, 0.15) is 11.9 Å². The number of thioether (sulfide) groups is 1. The first kappa shape index (κ1) is 13.4. The topological polar surface area (TPSA) is 35.5 Å². The molecule has 0 spiro atoms. The largest absolute Gasteiger partial charge is 0.496 e. The second-order valence-electron chi connectivity index (χ2n) is 4.39. The minimum absolute atomic E-state index is 0.145. The molecule has 0 radical (unpaired) electrons. The number of benzene rings is 1. The standard InChI is InChI=1S/C14H18O3S/c1-10-3-4-13(16-2)11(7-10)8-12(15)14-9-18-6-5-17-14/h3-4,7,14H,5-6,8-9H2,1-2H3. The van der Waals surface area contributed by atoms with Crippen molar-refractivity contribution in [3.05, 3.63) is 29.3 Å². The number of carbonyl (C=O) groups excluding carboxylic acids is 1. The van der Waals surface area contributed by atoms with Gasteiger partial charge in [0.2, 0.25) is 0 Å². The van der Waals surface area contributed by atoms with Crippen LogP contribution in [0.5, 0.6) is 5.75 Å². The number of Topliss-reactive ketones (excluding diaryl/α,β-unsaturated/α-hetero) is 1. The molecule has 0 N–H and O–H groups in total. The first-order valence-electron chi connectivity index (χ1n) is 6.06. The van der Waals surface area contributed by atoms with Crippen molar-refractivity contribution in [1.82, 2.24) is 0 Å². The van der Waals surface area contributed by atoms with Crippen LogP contribution in [-0.2, 0) is 16.0 Å². The highest BCUT2D eigenvalue weighted by Crippen LogP contribution is 2.22. The second kappa shape index (κ2) is 6.25. The molecule has 1 atom stereocenters. The van der Waals surface area contributed by atoms with E-state index in [4.69, 9.17) is 9.47 Å². The van der Waals surface area contributed by atoms with Gasteiger partial charge in [-0.3, -0.25) is 4.79 Å². The van der Waals surface area contributed by atoms with Gasteiger partial charge in [0.05, 0.1) is 13.7 Å². The van der Waals surface area contributed by atoms with Crippen LogP contribution in [0.4, 0.5) is 0 Å². The minimum atomic E-state index is -0.256. The van der Waals surface area contributed by atoms with Gasteiger partial charge in [0.15, 0.2) is 5.78 Å². The molecule has 4 heteroatoms. The Morgan fingerprint density at radius 1 is 1.56 bits per heavy atom. The van der Waals surface area contributed by atoms with Gasteiger partial charge < -0.3 is 9.47 Å². The summed E-state index contributed by atoms with van der Waals surface area (Å²) in [5.74, 6) is 2.67. The molecule has 3 nitrogen and oxygen atoms in total. The van der Waals surface area contributed by atoms with Gasteiger partial charge in [-0.1, -0.05) is 17.7 Å². The van der Waals surface area contributed by atoms with Crippen molar-refractivity contribution in [2.75, 3.05) is 25.2 Å². The predicted molar refractivity (Wildman–Crippen MR) is 73.5 cm³/mol. The number of carbonyl (C=O) groups is 1. The third-order valence-corrected chi connectivity index (χ3v) is 3.97. The van der Waals surface area contributed by atoms with E-state index in [9.17, 15) is 4.79 Å². The number of hydrogen-bond acceptors (Lipinski definition) is 4. The Kier molecular flexibility index (Phi) is 4.66. The molecule has 0 aromatic heterocycles. The summed E-state index contributed by atoms with van der Waals surface area (Å²) in [4.78, 5) is 12.2. The van der Waals surface area contributed by atoms with Crippen LogP contribution < -0.4 is 4.74 Å². The maximum absolute atomic E-state index is 12.2. The third-order valence-electron chi connectivity index (χ3n) is 2.98. The molecule has 1 heterocycles. The molecule has 1 fully saturated rings. The van der Waals surface area contributed by atoms with E-state index in [2.05, 4.69) is 0 Å². The molecule has 1 aliphatic rings. The lowest BCUT2D eigenvalue weighted by Crippen LogP contribution is -2.32. The monoisotopic (exact) mass is 266 g/mol. The number of methoxy groups -OCH3 is 1. The molecular formula is C14H18O3S. The number of aryl methyl sites for hydroxylation is 1. The maximum Gasteiger partial charge on any atom is 0.166 e. The maximum atomic E-state index is 12.2. The van der Waals surface area contributed by atoms with Gasteiger partial charge >= 0.3 is 0 Å². The summed E-state index contributed by atoms with van der Waals surface area (Å²) in [5.41, 5.74) is 2.08. The molecule has 0 amide bonds. The lowest BCUT2D eigenvalue weighted by atomic mass is 10.0. The third kappa shape index (κ3) is 3.27. The fourth-order valence-electron chi connectivity index (χ4n) is 2.02. The van der Waals surface area contributed by atoms with Gasteiger partial charge in [-0.25, -0.2) is 0 Å². The minimum Gasteiger partial charge on any atom is -0.496 e. The van der Waals surface area contributed by atoms with Gasteiger partial charge in [-0.15, -0.1) is 0 Å². The Morgan fingerprint density at radius 3 is 3.06 bits per heavy atom. The molecule has 0 aliphatic carbocycles. The van der Waals surface area contributed by atoms with Crippen molar-refractivity contribution in [1.29, 1.82) is 0 Å². The average Bonchev–Trinajstić information content (AvgIpc) is 2.40. The smallest absolute Gasteiger partial charge is 0.166 e. The zero-order valence-electron chi connectivity index (χ0n) is 10.8. The van der Waals surface area contributed by atoms with Crippen LogP contribution in [0.3, 0.4) is 0 Å². The highest BCUT2D eigenvalue weighted by molar-refractivity contribution is 7.99. The highest BCUT2D eigenvalue weighted by atomic mass is 32.2. The Morgan fingerprint density at radius 2 is 2.39 bits per heavy atom. The van der Waals surface area contributed by atoms with Crippen LogP contribution >= 0.6 is 11.8 Å². The number of ketones is 1. The van der Waals surface area contributed by atoms with Gasteiger partial charge in [0, 0.05) is 23.5 Å². The van der Waals surface area contributed by atoms with Crippen molar-refractivity contribution in [3.8, 4) is 5.75 Å². The van der Waals surface area contributed by atoms with Gasteiger partial charge in [-0.05, 0) is 13.0 Å². The van der Waals surface area contributed by atoms with Crippen LogP contribution in [0.25, 0.3) is 0 Å². The van der Waals surface area contributed by atoms with E-state index in [1.54, 1.807) is 18.9 Å². The Balaban J connectivity index is 2.07. The molecule has 2 rings (SSSR count). The van der Waals surface area contributed by atoms with Crippen molar-refractivity contribution in [2.24, 2.45) is 0 Å². The van der Waals surface area contributed by atoms with E-state index >= 15 is 0 Å². The molecule has 1 aromatic rings. The van der Waals surface area contributed by atoms with Crippen LogP contribution in [0.2, 0.25) is 0 Å². The van der Waals surface area contributed by atoms with E-state index in [1.165, 1.54) is 0 Å². The molecule has 18 heavy (non-hydrogen) atoms. The van der Waals surface area contributed by atoms with Crippen LogP contribution in [0.15, 0.2) is 18.2 Å². The predicted octanol–water partition coefficient (Wildman–Crippen LogP) is 2.25. The van der Waals surface area contributed by atoms with Gasteiger partial charge in [0.25, 0.3) is 0 Å². The molecule has 1 aromatic carbocycles. The van der Waals surface area contributed by atoms with Crippen molar-refractivity contribution in [2.45, 2.75) is 19.4 Å². The Bertz CT molecular complexity index is 425. The van der Waals surface area contributed by atoms with E-state index in [-0.39, 0.29) is 11.9 Å². The van der Waals surface area contributed by atoms with E-state index < -0.39 is 0 Å². The van der Waals surface area contributed by atoms with Crippen LogP contribution in [0, 0.1) is 6.92 Å². The average molecular weight is 266 g/mol. The number of rotatable bonds is 4. The summed E-state index contributed by atoms with van der Waals surface area (Å²) in [6.45, 7) is 2.69. The fourth-order valence-corrected chi connectivity index (χ4v) is 2.90. The van der Waals surface area contributed by atoms with E-state index in [1.807, 2.05) is 25.1 Å². The fraction of sp³-hybridized carbons (Fsp3) is 0.500. The normalized spacial score (nSPS) is 19.6. The van der Waals surface area contributed by atoms with Crippen LogP contribution in [-0.4, -0.2) is 37.1 Å². The molecule has 1 unspecified atom stereocenters. The number of ether oxygens (including phenoxy) is 2. The summed E-state index contributed by atoms with van der Waals surface area (Å²) in [6, 6.07) is 5.90. The van der Waals surface area contributed by atoms with Crippen molar-refractivity contribution in [3.63, 3.8) is 0 Å². The second-order valence-corrected chi connectivity index (χ2v) is 5.54. The Hall–Kier alpha value is -1.00. The summed E-state index contributed by atoms with van der Waals surface area (Å²) in [7, 11) is 1.63. The summed E-state index contributed by atoms with van der Waals surface area (Å²) in [6.07, 6.45) is 0.129. The lowest BCUT2D eigenvalue weighted by Gasteiger charge is -2.21. The molecular weight excluding hydrogens is 248 g/mol. The first-order chi connectivity index (χ1) is 8.70. The van der Waals surface area contributed by atoms with E-state index in [0.29, 0.717) is 13.0 Å². The molecule has 0 saturated carbocycles. The van der Waals surface area contributed by atoms with Crippen LogP contribution in [0.1, 0.15) is 11.1 Å². The number of hydrogen-bond donors (Lipinski definition) is 0. The van der Waals surface area contributed by atoms with Crippen molar-refractivity contribution >= 4 is 17.5 Å². The Labute approximate surface area is 112 Å². The van der Waals surface area contributed by atoms with E-state index in [0.717, 1.165) is 28.4 Å². The van der Waals surface area contributed by atoms with Crippen molar-refractivity contribution < 1.29 is 14.3 Å². The molecule has 98 valence electrons. The summed E-state index contributed by atoms with van der Waals surface area (Å²) >= 11 is 1.78. The molecule has 1 saturated heterocycles.